The molecule has 1 aromatic rings. The van der Waals surface area contributed by atoms with Gasteiger partial charge >= 0.3 is 0 Å². The molecule has 0 radical (unpaired) electrons. The van der Waals surface area contributed by atoms with Crippen LogP contribution in [0.25, 0.3) is 0 Å². The SMILES string of the molecule is CCCS(=O)(=O)CCOc1c(CC(C)N)cccc1OC. The molecule has 5 nitrogen and oxygen atoms in total. The van der Waals surface area contributed by atoms with Crippen LogP contribution < -0.4 is 15.2 Å². The van der Waals surface area contributed by atoms with E-state index in [1.807, 2.05) is 26.0 Å². The molecule has 0 bridgehead atoms. The molecule has 1 atom stereocenters. The summed E-state index contributed by atoms with van der Waals surface area (Å²) in [6.07, 6.45) is 1.27. The van der Waals surface area contributed by atoms with Crippen molar-refractivity contribution < 1.29 is 17.9 Å². The number of nitrogens with two attached hydrogens (primary N) is 1. The number of rotatable bonds is 9. The van der Waals surface area contributed by atoms with Crippen LogP contribution in [-0.4, -0.2) is 39.7 Å². The van der Waals surface area contributed by atoms with E-state index in [4.69, 9.17) is 15.2 Å². The van der Waals surface area contributed by atoms with Crippen LogP contribution in [-0.2, 0) is 16.3 Å². The number of benzene rings is 1. The third kappa shape index (κ3) is 5.93. The van der Waals surface area contributed by atoms with Crippen LogP contribution in [0.15, 0.2) is 18.2 Å². The van der Waals surface area contributed by atoms with E-state index in [0.29, 0.717) is 24.3 Å². The van der Waals surface area contributed by atoms with Crippen molar-refractivity contribution in [3.63, 3.8) is 0 Å². The number of hydrogen-bond donors (Lipinski definition) is 1. The molecule has 0 saturated heterocycles. The summed E-state index contributed by atoms with van der Waals surface area (Å²) in [6, 6.07) is 5.57. The molecule has 0 aliphatic rings. The molecule has 0 aromatic heterocycles. The van der Waals surface area contributed by atoms with Crippen molar-refractivity contribution in [3.05, 3.63) is 23.8 Å². The van der Waals surface area contributed by atoms with E-state index < -0.39 is 9.84 Å². The average molecular weight is 315 g/mol. The molecule has 0 aliphatic carbocycles. The molecule has 1 unspecified atom stereocenters. The first-order valence-corrected chi connectivity index (χ1v) is 8.96. The second kappa shape index (κ2) is 8.24. The van der Waals surface area contributed by atoms with Gasteiger partial charge in [0.1, 0.15) is 6.61 Å². The topological polar surface area (TPSA) is 78.6 Å². The van der Waals surface area contributed by atoms with Crippen molar-refractivity contribution in [1.29, 1.82) is 0 Å². The van der Waals surface area contributed by atoms with Crippen LogP contribution in [0.1, 0.15) is 25.8 Å². The lowest BCUT2D eigenvalue weighted by atomic mass is 10.1. The summed E-state index contributed by atoms with van der Waals surface area (Å²) in [5, 5.41) is 0. The van der Waals surface area contributed by atoms with E-state index in [1.165, 1.54) is 0 Å². The fourth-order valence-corrected chi connectivity index (χ4v) is 3.24. The molecule has 0 spiro atoms. The zero-order valence-corrected chi connectivity index (χ0v) is 13.8. The third-order valence-electron chi connectivity index (χ3n) is 2.98. The Bertz CT molecular complexity index is 541. The summed E-state index contributed by atoms with van der Waals surface area (Å²) < 4.78 is 34.4. The standard InChI is InChI=1S/C15H25NO4S/c1-4-9-21(17,18)10-8-20-15-13(11-12(2)16)6-5-7-14(15)19-3/h5-7,12H,4,8-11,16H2,1-3H3. The summed E-state index contributed by atoms with van der Waals surface area (Å²) >= 11 is 0. The number of hydrogen-bond acceptors (Lipinski definition) is 5. The van der Waals surface area contributed by atoms with Crippen molar-refractivity contribution in [2.75, 3.05) is 25.2 Å². The molecular weight excluding hydrogens is 290 g/mol. The number of ether oxygens (including phenoxy) is 2. The minimum absolute atomic E-state index is 0.0104. The zero-order valence-electron chi connectivity index (χ0n) is 13.0. The molecule has 0 fully saturated rings. The highest BCUT2D eigenvalue weighted by Crippen LogP contribution is 2.31. The van der Waals surface area contributed by atoms with Gasteiger partial charge in [-0.3, -0.25) is 0 Å². The smallest absolute Gasteiger partial charge is 0.164 e. The van der Waals surface area contributed by atoms with Gasteiger partial charge in [0, 0.05) is 6.04 Å². The maximum absolute atomic E-state index is 11.7. The summed E-state index contributed by atoms with van der Waals surface area (Å²) in [4.78, 5) is 0. The highest BCUT2D eigenvalue weighted by Gasteiger charge is 2.14. The minimum Gasteiger partial charge on any atom is -0.493 e. The van der Waals surface area contributed by atoms with E-state index in [2.05, 4.69) is 0 Å². The first-order chi connectivity index (χ1) is 9.89. The van der Waals surface area contributed by atoms with E-state index in [1.54, 1.807) is 13.2 Å². The Balaban J connectivity index is 2.81. The van der Waals surface area contributed by atoms with Gasteiger partial charge in [-0.15, -0.1) is 0 Å². The van der Waals surface area contributed by atoms with Gasteiger partial charge in [0.2, 0.25) is 0 Å². The van der Waals surface area contributed by atoms with Gasteiger partial charge in [0.15, 0.2) is 21.3 Å². The lowest BCUT2D eigenvalue weighted by molar-refractivity contribution is 0.307. The Morgan fingerprint density at radius 3 is 2.57 bits per heavy atom. The zero-order chi connectivity index (χ0) is 15.9. The lowest BCUT2D eigenvalue weighted by Crippen LogP contribution is -2.20. The Morgan fingerprint density at radius 1 is 1.29 bits per heavy atom. The molecule has 0 amide bonds. The Labute approximate surface area is 127 Å². The second-order valence-electron chi connectivity index (χ2n) is 5.13. The summed E-state index contributed by atoms with van der Waals surface area (Å²) in [6.45, 7) is 3.88. The predicted octanol–water partition coefficient (Wildman–Crippen LogP) is 1.79. The highest BCUT2D eigenvalue weighted by molar-refractivity contribution is 7.91. The Hall–Kier alpha value is -1.27. The molecule has 21 heavy (non-hydrogen) atoms. The molecule has 1 aromatic carbocycles. The van der Waals surface area contributed by atoms with Crippen LogP contribution in [0.3, 0.4) is 0 Å². The van der Waals surface area contributed by atoms with Gasteiger partial charge in [-0.2, -0.15) is 0 Å². The van der Waals surface area contributed by atoms with Gasteiger partial charge in [-0.05, 0) is 31.4 Å². The molecule has 0 aliphatic heterocycles. The van der Waals surface area contributed by atoms with E-state index >= 15 is 0 Å². The second-order valence-corrected chi connectivity index (χ2v) is 7.43. The van der Waals surface area contributed by atoms with Crippen LogP contribution in [0.2, 0.25) is 0 Å². The molecule has 6 heteroatoms. The van der Waals surface area contributed by atoms with E-state index in [-0.39, 0.29) is 24.2 Å². The van der Waals surface area contributed by atoms with Crippen molar-refractivity contribution in [1.82, 2.24) is 0 Å². The molecule has 0 saturated carbocycles. The van der Waals surface area contributed by atoms with Crippen LogP contribution in [0, 0.1) is 0 Å². The van der Waals surface area contributed by atoms with E-state index in [9.17, 15) is 8.42 Å². The molecule has 120 valence electrons. The van der Waals surface area contributed by atoms with Crippen LogP contribution >= 0.6 is 0 Å². The van der Waals surface area contributed by atoms with Gasteiger partial charge in [0.25, 0.3) is 0 Å². The van der Waals surface area contributed by atoms with Gasteiger partial charge in [-0.25, -0.2) is 8.42 Å². The molecule has 1 rings (SSSR count). The summed E-state index contributed by atoms with van der Waals surface area (Å²) in [7, 11) is -1.49. The largest absolute Gasteiger partial charge is 0.493 e. The fraction of sp³-hybridized carbons (Fsp3) is 0.600. The highest BCUT2D eigenvalue weighted by atomic mass is 32.2. The number of sulfone groups is 1. The lowest BCUT2D eigenvalue weighted by Gasteiger charge is -2.16. The quantitative estimate of drug-likeness (QED) is 0.751. The van der Waals surface area contributed by atoms with E-state index in [0.717, 1.165) is 5.56 Å². The Kier molecular flexibility index (Phi) is 6.98. The van der Waals surface area contributed by atoms with Gasteiger partial charge in [0.05, 0.1) is 18.6 Å². The molecule has 2 N–H and O–H groups in total. The van der Waals surface area contributed by atoms with Crippen molar-refractivity contribution in [2.45, 2.75) is 32.7 Å². The molecular formula is C15H25NO4S. The number of methoxy groups -OCH3 is 1. The van der Waals surface area contributed by atoms with Crippen molar-refractivity contribution >= 4 is 9.84 Å². The van der Waals surface area contributed by atoms with Crippen molar-refractivity contribution in [2.24, 2.45) is 5.73 Å². The third-order valence-corrected chi connectivity index (χ3v) is 4.80. The monoisotopic (exact) mass is 315 g/mol. The van der Waals surface area contributed by atoms with Gasteiger partial charge < -0.3 is 15.2 Å². The van der Waals surface area contributed by atoms with Crippen LogP contribution in [0.4, 0.5) is 0 Å². The minimum atomic E-state index is -3.05. The first kappa shape index (κ1) is 17.8. The summed E-state index contributed by atoms with van der Waals surface area (Å²) in [5.41, 5.74) is 6.76. The maximum atomic E-state index is 11.7. The van der Waals surface area contributed by atoms with Crippen LogP contribution in [0.5, 0.6) is 11.5 Å². The fourth-order valence-electron chi connectivity index (χ4n) is 2.08. The summed E-state index contributed by atoms with van der Waals surface area (Å²) in [5.74, 6) is 1.39. The predicted molar refractivity (Wildman–Crippen MR) is 84.8 cm³/mol. The van der Waals surface area contributed by atoms with Gasteiger partial charge in [-0.1, -0.05) is 19.1 Å². The maximum Gasteiger partial charge on any atom is 0.164 e. The molecule has 0 heterocycles. The average Bonchev–Trinajstić information content (AvgIpc) is 2.39. The Morgan fingerprint density at radius 2 is 2.00 bits per heavy atom. The van der Waals surface area contributed by atoms with Crippen molar-refractivity contribution in [3.8, 4) is 11.5 Å². The normalized spacial score (nSPS) is 13.0. The number of para-hydroxylation sites is 1. The first-order valence-electron chi connectivity index (χ1n) is 7.14.